The third-order valence-electron chi connectivity index (χ3n) is 10.0. The highest BCUT2D eigenvalue weighted by molar-refractivity contribution is 7.90. The number of rotatable bonds is 8. The van der Waals surface area contributed by atoms with E-state index >= 15 is 0 Å². The van der Waals surface area contributed by atoms with Gasteiger partial charge < -0.3 is 19.3 Å². The molecule has 0 aliphatic carbocycles. The summed E-state index contributed by atoms with van der Waals surface area (Å²) in [6.45, 7) is 24.6. The fourth-order valence-electron chi connectivity index (χ4n) is 4.91. The molecule has 3 heterocycles. The van der Waals surface area contributed by atoms with Crippen LogP contribution in [0.2, 0.25) is 36.3 Å². The highest BCUT2D eigenvalue weighted by Crippen LogP contribution is 2.53. The van der Waals surface area contributed by atoms with Crippen LogP contribution in [0.4, 0.5) is 0 Å². The van der Waals surface area contributed by atoms with Gasteiger partial charge in [0, 0.05) is 18.8 Å². The Morgan fingerprint density at radius 1 is 1.10 bits per heavy atom. The Morgan fingerprint density at radius 3 is 2.12 bits per heavy atom. The van der Waals surface area contributed by atoms with E-state index in [-0.39, 0.29) is 28.3 Å². The number of ether oxygens (including phenoxy) is 1. The van der Waals surface area contributed by atoms with E-state index in [1.807, 2.05) is 0 Å². The fourth-order valence-corrected chi connectivity index (χ4v) is 9.76. The molecular formula is C27H49N3O8SSi2. The highest BCUT2D eigenvalue weighted by Gasteiger charge is 2.67. The smallest absolute Gasteiger partial charge is 0.332 e. The Kier molecular flexibility index (Phi) is 8.74. The topological polar surface area (TPSA) is 141 Å². The van der Waals surface area contributed by atoms with Gasteiger partial charge in [-0.3, -0.25) is 13.9 Å². The first kappa shape index (κ1) is 33.9. The van der Waals surface area contributed by atoms with Gasteiger partial charge in [-0.1, -0.05) is 48.5 Å². The van der Waals surface area contributed by atoms with E-state index in [1.54, 1.807) is 6.92 Å². The molecule has 1 spiro atoms. The van der Waals surface area contributed by atoms with E-state index in [9.17, 15) is 18.0 Å². The predicted molar refractivity (Wildman–Crippen MR) is 164 cm³/mol. The van der Waals surface area contributed by atoms with Crippen LogP contribution in [-0.2, 0) is 34.9 Å². The predicted octanol–water partition coefficient (Wildman–Crippen LogP) is 3.70. The van der Waals surface area contributed by atoms with E-state index in [0.717, 1.165) is 9.98 Å². The van der Waals surface area contributed by atoms with Crippen LogP contribution in [0.1, 0.15) is 60.3 Å². The minimum absolute atomic E-state index is 0.0357. The maximum Gasteiger partial charge on any atom is 0.332 e. The molecule has 14 heteroatoms. The summed E-state index contributed by atoms with van der Waals surface area (Å²) < 4.78 is 54.1. The molecule has 1 aromatic heterocycles. The lowest BCUT2D eigenvalue weighted by molar-refractivity contribution is -0.0567. The lowest BCUT2D eigenvalue weighted by atomic mass is 9.89. The maximum absolute atomic E-state index is 13.5. The molecule has 0 radical (unpaired) electrons. The summed E-state index contributed by atoms with van der Waals surface area (Å²) >= 11 is 0. The zero-order chi connectivity index (χ0) is 31.7. The van der Waals surface area contributed by atoms with Crippen molar-refractivity contribution in [2.45, 2.75) is 116 Å². The van der Waals surface area contributed by atoms with Crippen LogP contribution in [0, 0.1) is 12.8 Å². The molecule has 1 fully saturated rings. The van der Waals surface area contributed by atoms with Gasteiger partial charge in [0.05, 0.1) is 17.7 Å². The lowest BCUT2D eigenvalue weighted by Gasteiger charge is -2.47. The molecule has 3 rings (SSSR count). The summed E-state index contributed by atoms with van der Waals surface area (Å²) in [7, 11) is -7.88. The lowest BCUT2D eigenvalue weighted by Crippen LogP contribution is -2.60. The number of nitrogens with zero attached hydrogens (tertiary/aromatic N) is 2. The quantitative estimate of drug-likeness (QED) is 0.336. The molecule has 2 N–H and O–H groups in total. The standard InChI is InChI=1S/C27H49N3O8SSi2/c1-17(2)26(7,8)41(12,13)37-21-23(30-14-18(3)22(31)29(9)24(30)32)36-20(15-35-40(10,11)25(4,5)6)27(21)19(28)16-39(33,34)38-27/h14,16-17,20-21,23H,15,28H2,1-13H3/t20-,21+,23-,27?/m1/s1. The van der Waals surface area contributed by atoms with Crippen LogP contribution >= 0.6 is 0 Å². The van der Waals surface area contributed by atoms with Crippen LogP contribution in [0.15, 0.2) is 26.9 Å². The number of hydrogen-bond acceptors (Lipinski definition) is 9. The molecule has 1 aromatic rings. The summed E-state index contributed by atoms with van der Waals surface area (Å²) in [4.78, 5) is 26.1. The van der Waals surface area contributed by atoms with Crippen molar-refractivity contribution in [3.8, 4) is 0 Å². The van der Waals surface area contributed by atoms with Crippen LogP contribution in [-0.4, -0.2) is 58.6 Å². The normalized spacial score (nSPS) is 27.2. The van der Waals surface area contributed by atoms with Gasteiger partial charge >= 0.3 is 5.69 Å². The Balaban J connectivity index is 2.29. The average molecular weight is 632 g/mol. The summed E-state index contributed by atoms with van der Waals surface area (Å²) in [5.41, 5.74) is 3.91. The monoisotopic (exact) mass is 631 g/mol. The number of aromatic nitrogens is 2. The Hall–Kier alpha value is -1.56. The average Bonchev–Trinajstić information content (AvgIpc) is 3.24. The van der Waals surface area contributed by atoms with E-state index in [4.69, 9.17) is 23.5 Å². The Morgan fingerprint density at radius 2 is 1.66 bits per heavy atom. The van der Waals surface area contributed by atoms with Gasteiger partial charge in [-0.05, 0) is 49.1 Å². The summed E-state index contributed by atoms with van der Waals surface area (Å²) in [5, 5.41) is 0.472. The van der Waals surface area contributed by atoms with Crippen molar-refractivity contribution < 1.29 is 26.2 Å². The van der Waals surface area contributed by atoms with Crippen LogP contribution in [0.25, 0.3) is 0 Å². The second-order valence-electron chi connectivity index (χ2n) is 14.3. The van der Waals surface area contributed by atoms with Crippen molar-refractivity contribution in [3.63, 3.8) is 0 Å². The van der Waals surface area contributed by atoms with Crippen molar-refractivity contribution in [2.75, 3.05) is 6.61 Å². The fraction of sp³-hybridized carbons (Fsp3) is 0.778. The SMILES string of the molecule is Cc1cn([C@@H]2O[C@H](CO[Si](C)(C)C(C)(C)C)C3(OS(=O)(=O)C=C3N)[C@H]2O[Si](C)(C)C(C)(C)C(C)C)c(=O)n(C)c1=O. The van der Waals surface area contributed by atoms with E-state index < -0.39 is 62.0 Å². The molecule has 0 bridgehead atoms. The summed E-state index contributed by atoms with van der Waals surface area (Å²) in [5.74, 6) is 0.224. The molecule has 234 valence electrons. The van der Waals surface area contributed by atoms with Gasteiger partial charge in [0.15, 0.2) is 28.5 Å². The second kappa shape index (κ2) is 10.6. The molecule has 41 heavy (non-hydrogen) atoms. The van der Waals surface area contributed by atoms with Crippen LogP contribution in [0.3, 0.4) is 0 Å². The van der Waals surface area contributed by atoms with Crippen molar-refractivity contribution in [3.05, 3.63) is 43.7 Å². The summed E-state index contributed by atoms with van der Waals surface area (Å²) in [6.07, 6.45) is -1.91. The molecular weight excluding hydrogens is 583 g/mol. The zero-order valence-electron chi connectivity index (χ0n) is 26.8. The van der Waals surface area contributed by atoms with Gasteiger partial charge in [-0.25, -0.2) is 8.98 Å². The largest absolute Gasteiger partial charge is 0.414 e. The second-order valence-corrected chi connectivity index (χ2v) is 25.1. The van der Waals surface area contributed by atoms with E-state index in [1.165, 1.54) is 17.8 Å². The van der Waals surface area contributed by atoms with Crippen LogP contribution in [0.5, 0.6) is 0 Å². The van der Waals surface area contributed by atoms with E-state index in [2.05, 4.69) is 74.7 Å². The molecule has 0 saturated carbocycles. The number of hydrogen-bond donors (Lipinski definition) is 1. The molecule has 1 saturated heterocycles. The van der Waals surface area contributed by atoms with Gasteiger partial charge in [0.25, 0.3) is 15.7 Å². The molecule has 11 nitrogen and oxygen atoms in total. The minimum atomic E-state index is -4.20. The van der Waals surface area contributed by atoms with Crippen molar-refractivity contribution in [1.82, 2.24) is 9.13 Å². The molecule has 2 aliphatic rings. The van der Waals surface area contributed by atoms with Crippen molar-refractivity contribution >= 4 is 26.8 Å². The molecule has 4 atom stereocenters. The van der Waals surface area contributed by atoms with Gasteiger partial charge in [-0.2, -0.15) is 8.42 Å². The first-order valence-electron chi connectivity index (χ1n) is 14.0. The molecule has 0 aromatic carbocycles. The van der Waals surface area contributed by atoms with Crippen LogP contribution < -0.4 is 17.0 Å². The van der Waals surface area contributed by atoms with Crippen molar-refractivity contribution in [1.29, 1.82) is 0 Å². The Labute approximate surface area is 246 Å². The molecule has 0 amide bonds. The Bertz CT molecular complexity index is 1440. The zero-order valence-corrected chi connectivity index (χ0v) is 29.6. The van der Waals surface area contributed by atoms with E-state index in [0.29, 0.717) is 5.56 Å². The maximum atomic E-state index is 13.5. The third kappa shape index (κ3) is 5.72. The molecule has 2 aliphatic heterocycles. The van der Waals surface area contributed by atoms with Gasteiger partial charge in [0.1, 0.15) is 12.2 Å². The highest BCUT2D eigenvalue weighted by atomic mass is 32.2. The van der Waals surface area contributed by atoms with Crippen molar-refractivity contribution in [2.24, 2.45) is 18.7 Å². The first-order chi connectivity index (χ1) is 18.3. The summed E-state index contributed by atoms with van der Waals surface area (Å²) in [6, 6.07) is 0. The van der Waals surface area contributed by atoms with Gasteiger partial charge in [-0.15, -0.1) is 0 Å². The minimum Gasteiger partial charge on any atom is -0.414 e. The molecule has 1 unspecified atom stereocenters. The third-order valence-corrected chi connectivity index (χ3v) is 20.1. The number of nitrogens with two attached hydrogens (primary N) is 1. The number of aryl methyl sites for hydroxylation is 1. The van der Waals surface area contributed by atoms with Gasteiger partial charge in [0.2, 0.25) is 0 Å². The first-order valence-corrected chi connectivity index (χ1v) is 21.3.